The van der Waals surface area contributed by atoms with Gasteiger partial charge in [-0.15, -0.1) is 32.7 Å². The van der Waals surface area contributed by atoms with Gasteiger partial charge in [-0.2, -0.15) is 6.08 Å². The molecule has 99 valence electrons. The summed E-state index contributed by atoms with van der Waals surface area (Å²) in [4.78, 5) is 0. The molecule has 0 fully saturated rings. The summed E-state index contributed by atoms with van der Waals surface area (Å²) in [6, 6.07) is 0. The Morgan fingerprint density at radius 3 is 1.20 bits per heavy atom. The van der Waals surface area contributed by atoms with Crippen molar-refractivity contribution in [2.45, 2.75) is 6.42 Å². The van der Waals surface area contributed by atoms with Crippen LogP contribution in [0.2, 0.25) is 0 Å². The molecule has 0 amide bonds. The van der Waals surface area contributed by atoms with Crippen molar-refractivity contribution < 1.29 is 20.1 Å². The quantitative estimate of drug-likeness (QED) is 0.397. The Morgan fingerprint density at radius 2 is 1.13 bits per heavy atom. The van der Waals surface area contributed by atoms with Gasteiger partial charge in [0.2, 0.25) is 0 Å². The van der Waals surface area contributed by atoms with E-state index < -0.39 is 0 Å². The minimum Gasteiger partial charge on any atom is -0.358 e. The summed E-state index contributed by atoms with van der Waals surface area (Å²) in [6.07, 6.45) is 10.0. The first kappa shape index (κ1) is 61.9. The van der Waals surface area contributed by atoms with Crippen molar-refractivity contribution in [2.24, 2.45) is 0 Å². The van der Waals surface area contributed by atoms with Gasteiger partial charge in [0.25, 0.3) is 0 Å². The Bertz CT molecular complexity index is 81.5. The summed E-state index contributed by atoms with van der Waals surface area (Å²) in [5.74, 6) is 0. The van der Waals surface area contributed by atoms with Crippen LogP contribution in [-0.2, 0) is 20.1 Å². The molecule has 0 bridgehead atoms. The van der Waals surface area contributed by atoms with Crippen LogP contribution in [0, 0.1) is 43.2 Å². The fraction of sp³-hybridized carbons (Fsp3) is 0.0714. The van der Waals surface area contributed by atoms with Crippen LogP contribution in [0.3, 0.4) is 0 Å². The topological polar surface area (TPSA) is 0 Å². The molecular formula is C14H28Ir-6. The molecule has 1 heteroatoms. The van der Waals surface area contributed by atoms with Crippen molar-refractivity contribution in [3.05, 3.63) is 87.8 Å². The van der Waals surface area contributed by atoms with E-state index in [1.165, 1.54) is 0 Å². The van der Waals surface area contributed by atoms with Crippen molar-refractivity contribution in [1.82, 2.24) is 0 Å². The van der Waals surface area contributed by atoms with Crippen molar-refractivity contribution >= 4 is 0 Å². The molecule has 0 aromatic heterocycles. The molecule has 0 aliphatic heterocycles. The minimum atomic E-state index is 0. The monoisotopic (exact) mass is 389 g/mol. The maximum Gasteiger partial charge on any atom is 0 e. The van der Waals surface area contributed by atoms with Gasteiger partial charge in [-0.3, -0.25) is 6.08 Å². The first-order valence-electron chi connectivity index (χ1n) is 2.72. The molecule has 15 heavy (non-hydrogen) atoms. The summed E-state index contributed by atoms with van der Waals surface area (Å²) >= 11 is 0. The zero-order valence-electron chi connectivity index (χ0n) is 11.1. The summed E-state index contributed by atoms with van der Waals surface area (Å²) in [6.45, 7) is 12.0. The van der Waals surface area contributed by atoms with Gasteiger partial charge in [-0.05, 0) is 0 Å². The molecule has 0 nitrogen and oxygen atoms in total. The molecular weight excluding hydrogens is 360 g/mol. The Morgan fingerprint density at radius 1 is 0.800 bits per heavy atom. The van der Waals surface area contributed by atoms with E-state index in [1.54, 1.807) is 0 Å². The van der Waals surface area contributed by atoms with E-state index in [9.17, 15) is 0 Å². The molecule has 0 N–H and O–H groups in total. The van der Waals surface area contributed by atoms with Crippen LogP contribution in [0.1, 0.15) is 6.42 Å². The van der Waals surface area contributed by atoms with Gasteiger partial charge >= 0.3 is 0 Å². The average molecular weight is 389 g/mol. The molecule has 0 saturated heterocycles. The Balaban J connectivity index is -0.00000000763. The molecule has 1 radical (unpaired) electrons. The number of hydrogen-bond donors (Lipinski definition) is 0. The summed E-state index contributed by atoms with van der Waals surface area (Å²) in [5.41, 5.74) is 0. The van der Waals surface area contributed by atoms with Crippen LogP contribution in [0.15, 0.2) is 44.5 Å². The third-order valence-electron chi connectivity index (χ3n) is 0.586. The molecule has 0 spiro atoms. The van der Waals surface area contributed by atoms with Crippen LogP contribution in [0.5, 0.6) is 0 Å². The molecule has 0 saturated carbocycles. The molecule has 1 aliphatic carbocycles. The first-order chi connectivity index (χ1) is 4.50. The van der Waals surface area contributed by atoms with Crippen LogP contribution in [-0.4, -0.2) is 0 Å². The second-order valence-electron chi connectivity index (χ2n) is 1.00. The van der Waals surface area contributed by atoms with Gasteiger partial charge in [0.1, 0.15) is 0 Å². The summed E-state index contributed by atoms with van der Waals surface area (Å²) in [7, 11) is 0. The molecule has 0 unspecified atom stereocenters. The molecule has 1 rings (SSSR count). The maximum absolute atomic E-state index is 3.00. The summed E-state index contributed by atoms with van der Waals surface area (Å²) < 4.78 is 0. The minimum absolute atomic E-state index is 0. The average Bonchev–Trinajstić information content (AvgIpc) is 2.51. The third kappa shape index (κ3) is 86.3. The van der Waals surface area contributed by atoms with Gasteiger partial charge in [0.15, 0.2) is 0 Å². The maximum atomic E-state index is 3.00. The normalized spacial score (nSPS) is 6.40. The van der Waals surface area contributed by atoms with Crippen molar-refractivity contribution in [3.63, 3.8) is 0 Å². The van der Waals surface area contributed by atoms with E-state index in [0.29, 0.717) is 0 Å². The molecule has 0 aromatic carbocycles. The zero-order valence-corrected chi connectivity index (χ0v) is 13.5. The molecule has 0 aromatic rings. The van der Waals surface area contributed by atoms with Crippen LogP contribution < -0.4 is 0 Å². The largest absolute Gasteiger partial charge is 0.358 e. The first-order valence-corrected chi connectivity index (χ1v) is 2.72. The molecule has 1 aliphatic rings. The zero-order chi connectivity index (χ0) is 7.54. The van der Waals surface area contributed by atoms with E-state index in [-0.39, 0.29) is 57.2 Å². The molecule has 0 atom stereocenters. The number of allylic oxidation sites excluding steroid dienone is 4. The van der Waals surface area contributed by atoms with Gasteiger partial charge in [0, 0.05) is 20.1 Å². The fourth-order valence-corrected chi connectivity index (χ4v) is 0.340. The van der Waals surface area contributed by atoms with Crippen molar-refractivity contribution in [1.29, 1.82) is 0 Å². The van der Waals surface area contributed by atoms with Crippen LogP contribution in [0.4, 0.5) is 0 Å². The number of rotatable bonds is 0. The second-order valence-corrected chi connectivity index (χ2v) is 1.00. The van der Waals surface area contributed by atoms with Crippen LogP contribution >= 0.6 is 0 Å². The van der Waals surface area contributed by atoms with Crippen LogP contribution in [0.25, 0.3) is 0 Å². The van der Waals surface area contributed by atoms with Gasteiger partial charge in [0.05, 0.1) is 0 Å². The van der Waals surface area contributed by atoms with Crippen molar-refractivity contribution in [2.75, 3.05) is 0 Å². The van der Waals surface area contributed by atoms with E-state index >= 15 is 0 Å². The third-order valence-corrected chi connectivity index (χ3v) is 0.586. The van der Waals surface area contributed by atoms with Gasteiger partial charge in [-0.1, -0.05) is 0 Å². The van der Waals surface area contributed by atoms with E-state index in [2.05, 4.69) is 38.5 Å². The van der Waals surface area contributed by atoms with Gasteiger partial charge in [-0.25, -0.2) is 12.2 Å². The Hall–Kier alpha value is -0.391. The standard InChI is InChI=1S/C5H5.2C2H4.5CH3.Ir/c1-2-4-5-3-1;2*1-2;;;;;;/h1-3H,4H2;2*1-2H2;5*1H3;/q-1;;;5*-1;. The van der Waals surface area contributed by atoms with E-state index in [1.807, 2.05) is 12.2 Å². The predicted octanol–water partition coefficient (Wildman–Crippen LogP) is 5.16. The van der Waals surface area contributed by atoms with Gasteiger partial charge < -0.3 is 37.1 Å². The smallest absolute Gasteiger partial charge is 0 e. The number of hydrogen-bond acceptors (Lipinski definition) is 0. The Kier molecular flexibility index (Phi) is 421. The Labute approximate surface area is 114 Å². The predicted molar refractivity (Wildman–Crippen MR) is 76.1 cm³/mol. The fourth-order valence-electron chi connectivity index (χ4n) is 0.340. The van der Waals surface area contributed by atoms with Crippen molar-refractivity contribution in [3.8, 4) is 0 Å². The second kappa shape index (κ2) is 102. The van der Waals surface area contributed by atoms with E-state index in [0.717, 1.165) is 6.42 Å². The molecule has 0 heterocycles. The SMILES string of the molecule is C=C.C=C.[C-]1=CC=CC1.[CH3-].[CH3-].[CH3-].[CH3-].[CH3-].[Ir]. The van der Waals surface area contributed by atoms with E-state index in [4.69, 9.17) is 0 Å². The summed E-state index contributed by atoms with van der Waals surface area (Å²) in [5, 5.41) is 0.